The van der Waals surface area contributed by atoms with Gasteiger partial charge in [0.2, 0.25) is 0 Å². The summed E-state index contributed by atoms with van der Waals surface area (Å²) >= 11 is 0. The number of methoxy groups -OCH3 is 1. The molecule has 2 aliphatic rings. The standard InChI is InChI=1S/C20H34N4O4S/c1-14-12-27-8-7-23(14)17-11-16(20(25)26-3)19-18(21-17)15(2)22-24(19)13-28-9-10-29(4,5)6/h11,14-15,22H,7-10,12-13H2,1-6H3/t14-,15?/m1/s1. The van der Waals surface area contributed by atoms with E-state index in [0.717, 1.165) is 29.5 Å². The van der Waals surface area contributed by atoms with Gasteiger partial charge in [-0.15, -0.1) is 0 Å². The fourth-order valence-electron chi connectivity index (χ4n) is 3.54. The lowest BCUT2D eigenvalue weighted by molar-refractivity contribution is 0.0600. The highest BCUT2D eigenvalue weighted by molar-refractivity contribution is 8.32. The summed E-state index contributed by atoms with van der Waals surface area (Å²) in [6.07, 6.45) is 6.82. The zero-order chi connectivity index (χ0) is 21.2. The van der Waals surface area contributed by atoms with Gasteiger partial charge in [0.15, 0.2) is 0 Å². The van der Waals surface area contributed by atoms with Crippen LogP contribution in [-0.2, 0) is 14.2 Å². The molecule has 0 saturated carbocycles. The first kappa shape index (κ1) is 22.1. The van der Waals surface area contributed by atoms with E-state index >= 15 is 0 Å². The monoisotopic (exact) mass is 426 g/mol. The van der Waals surface area contributed by atoms with Crippen LogP contribution < -0.4 is 15.3 Å². The van der Waals surface area contributed by atoms with Crippen LogP contribution >= 0.6 is 10.0 Å². The molecular weight excluding hydrogens is 392 g/mol. The average Bonchev–Trinajstić information content (AvgIpc) is 2.99. The first-order valence-electron chi connectivity index (χ1n) is 9.96. The number of esters is 1. The van der Waals surface area contributed by atoms with Gasteiger partial charge < -0.3 is 19.1 Å². The minimum absolute atomic E-state index is 0.0263. The van der Waals surface area contributed by atoms with Crippen LogP contribution in [0.1, 0.15) is 35.9 Å². The van der Waals surface area contributed by atoms with Crippen LogP contribution in [0.2, 0.25) is 0 Å². The molecule has 2 aliphatic heterocycles. The molecule has 3 rings (SSSR count). The number of hydrogen-bond donors (Lipinski definition) is 1. The molecule has 1 N–H and O–H groups in total. The van der Waals surface area contributed by atoms with Gasteiger partial charge in [-0.2, -0.15) is 0 Å². The first-order chi connectivity index (χ1) is 13.7. The molecule has 1 fully saturated rings. The van der Waals surface area contributed by atoms with Crippen molar-refractivity contribution in [1.29, 1.82) is 0 Å². The molecule has 164 valence electrons. The number of nitrogens with zero attached hydrogens (tertiary/aromatic N) is 3. The van der Waals surface area contributed by atoms with Gasteiger partial charge in [0.05, 0.1) is 56.0 Å². The lowest BCUT2D eigenvalue weighted by atomic mass is 10.1. The highest BCUT2D eigenvalue weighted by atomic mass is 32.3. The zero-order valence-corrected chi connectivity index (χ0v) is 19.2. The molecule has 3 heterocycles. The van der Waals surface area contributed by atoms with Crippen molar-refractivity contribution in [1.82, 2.24) is 10.4 Å². The second-order valence-corrected chi connectivity index (χ2v) is 13.1. The summed E-state index contributed by atoms with van der Waals surface area (Å²) in [6.45, 7) is 7.23. The number of aromatic nitrogens is 1. The average molecular weight is 427 g/mol. The molecule has 29 heavy (non-hydrogen) atoms. The number of morpholine rings is 1. The number of carbonyl (C=O) groups excluding carboxylic acids is 1. The molecule has 2 atom stereocenters. The smallest absolute Gasteiger partial charge is 0.340 e. The lowest BCUT2D eigenvalue weighted by Crippen LogP contribution is -2.44. The normalized spacial score (nSPS) is 22.6. The Morgan fingerprint density at radius 3 is 2.79 bits per heavy atom. The summed E-state index contributed by atoms with van der Waals surface area (Å²) in [5.41, 5.74) is 5.47. The van der Waals surface area contributed by atoms with Crippen molar-refractivity contribution in [2.24, 2.45) is 0 Å². The Morgan fingerprint density at radius 2 is 2.14 bits per heavy atom. The Morgan fingerprint density at radius 1 is 1.38 bits per heavy atom. The van der Waals surface area contributed by atoms with Crippen molar-refractivity contribution in [3.63, 3.8) is 0 Å². The van der Waals surface area contributed by atoms with Gasteiger partial charge in [-0.05, 0) is 38.7 Å². The molecule has 0 amide bonds. The van der Waals surface area contributed by atoms with Crippen LogP contribution in [0.25, 0.3) is 0 Å². The minimum Gasteiger partial charge on any atom is -0.465 e. The van der Waals surface area contributed by atoms with Gasteiger partial charge >= 0.3 is 5.97 Å². The van der Waals surface area contributed by atoms with Crippen molar-refractivity contribution in [3.05, 3.63) is 17.3 Å². The van der Waals surface area contributed by atoms with Crippen molar-refractivity contribution < 1.29 is 19.0 Å². The fraction of sp³-hybridized carbons (Fsp3) is 0.700. The van der Waals surface area contributed by atoms with E-state index in [9.17, 15) is 4.79 Å². The minimum atomic E-state index is -0.606. The van der Waals surface area contributed by atoms with Gasteiger partial charge in [0.25, 0.3) is 0 Å². The van der Waals surface area contributed by atoms with Gasteiger partial charge in [0.1, 0.15) is 12.5 Å². The summed E-state index contributed by atoms with van der Waals surface area (Å²) in [5, 5.41) is 1.88. The van der Waals surface area contributed by atoms with Crippen LogP contribution in [0.15, 0.2) is 6.07 Å². The summed E-state index contributed by atoms with van der Waals surface area (Å²) < 4.78 is 16.5. The van der Waals surface area contributed by atoms with E-state index in [1.165, 1.54) is 7.11 Å². The Kier molecular flexibility index (Phi) is 6.93. The molecule has 0 bridgehead atoms. The summed E-state index contributed by atoms with van der Waals surface area (Å²) in [6, 6.07) is 2.00. The predicted octanol–water partition coefficient (Wildman–Crippen LogP) is 2.15. The maximum atomic E-state index is 12.6. The zero-order valence-electron chi connectivity index (χ0n) is 18.4. The molecule has 0 radical (unpaired) electrons. The lowest BCUT2D eigenvalue weighted by Gasteiger charge is -2.34. The second-order valence-electron chi connectivity index (χ2n) is 8.48. The topological polar surface area (TPSA) is 76.2 Å². The van der Waals surface area contributed by atoms with Gasteiger partial charge in [-0.3, -0.25) is 5.01 Å². The number of anilines is 2. The van der Waals surface area contributed by atoms with E-state index in [1.54, 1.807) is 0 Å². The number of pyridine rings is 1. The third-order valence-corrected chi connectivity index (χ3v) is 6.55. The Hall–Kier alpha value is -1.55. The molecule has 1 aromatic heterocycles. The third-order valence-electron chi connectivity index (χ3n) is 5.16. The maximum Gasteiger partial charge on any atom is 0.340 e. The summed E-state index contributed by atoms with van der Waals surface area (Å²) in [5.74, 6) is 1.46. The van der Waals surface area contributed by atoms with Crippen LogP contribution in [0.4, 0.5) is 11.5 Å². The van der Waals surface area contributed by atoms with Gasteiger partial charge in [-0.1, -0.05) is 0 Å². The largest absolute Gasteiger partial charge is 0.465 e. The molecule has 1 unspecified atom stereocenters. The molecule has 0 aliphatic carbocycles. The third kappa shape index (κ3) is 5.14. The van der Waals surface area contributed by atoms with Gasteiger partial charge in [-0.25, -0.2) is 25.2 Å². The van der Waals surface area contributed by atoms with Crippen LogP contribution in [0, 0.1) is 0 Å². The number of carbonyl (C=O) groups is 1. The predicted molar refractivity (Wildman–Crippen MR) is 118 cm³/mol. The fourth-order valence-corrected chi connectivity index (χ4v) is 4.15. The molecule has 1 aromatic rings. The van der Waals surface area contributed by atoms with E-state index < -0.39 is 10.0 Å². The second kappa shape index (κ2) is 9.07. The summed E-state index contributed by atoms with van der Waals surface area (Å²) in [7, 11) is 0.802. The number of hydrogen-bond acceptors (Lipinski definition) is 8. The van der Waals surface area contributed by atoms with E-state index in [-0.39, 0.29) is 18.1 Å². The molecule has 0 spiro atoms. The van der Waals surface area contributed by atoms with E-state index in [1.807, 2.05) is 18.0 Å². The number of nitrogens with one attached hydrogen (secondary N) is 1. The van der Waals surface area contributed by atoms with E-state index in [2.05, 4.69) is 36.0 Å². The van der Waals surface area contributed by atoms with Crippen molar-refractivity contribution in [3.8, 4) is 0 Å². The molecule has 0 aromatic carbocycles. The highest BCUT2D eigenvalue weighted by Gasteiger charge is 2.34. The number of ether oxygens (including phenoxy) is 3. The summed E-state index contributed by atoms with van der Waals surface area (Å²) in [4.78, 5) is 19.7. The first-order valence-corrected chi connectivity index (χ1v) is 13.0. The Labute approximate surface area is 175 Å². The van der Waals surface area contributed by atoms with Crippen molar-refractivity contribution in [2.75, 3.05) is 74.6 Å². The van der Waals surface area contributed by atoms with E-state index in [0.29, 0.717) is 32.1 Å². The van der Waals surface area contributed by atoms with Crippen molar-refractivity contribution in [2.45, 2.75) is 25.9 Å². The Bertz CT molecular complexity index is 740. The van der Waals surface area contributed by atoms with Crippen LogP contribution in [0.5, 0.6) is 0 Å². The maximum absolute atomic E-state index is 12.6. The van der Waals surface area contributed by atoms with Crippen LogP contribution in [-0.4, -0.2) is 81.7 Å². The number of rotatable bonds is 7. The quantitative estimate of drug-likeness (QED) is 0.525. The van der Waals surface area contributed by atoms with Crippen molar-refractivity contribution >= 4 is 27.5 Å². The van der Waals surface area contributed by atoms with Gasteiger partial charge in [0, 0.05) is 12.3 Å². The molecule has 1 saturated heterocycles. The number of hydrazine groups is 1. The molecule has 8 nitrogen and oxygen atoms in total. The Balaban J connectivity index is 1.87. The molecular formula is C20H34N4O4S. The molecule has 9 heteroatoms. The van der Waals surface area contributed by atoms with Crippen LogP contribution in [0.3, 0.4) is 0 Å². The highest BCUT2D eigenvalue weighted by Crippen LogP contribution is 2.38. The van der Waals surface area contributed by atoms with E-state index in [4.69, 9.17) is 19.2 Å². The SMILES string of the molecule is COC(=O)c1cc(N2CCOC[C@H]2C)nc2c1N(COCCS(C)(C)C)NC2C. The number of fused-ring (bicyclic) bond motifs is 1.